The molecule has 0 saturated carbocycles. The topological polar surface area (TPSA) is 92.7 Å². The number of carboxylic acid groups (broad SMARTS) is 1. The lowest BCUT2D eigenvalue weighted by molar-refractivity contribution is -0.136. The highest BCUT2D eigenvalue weighted by atomic mass is 16.4. The van der Waals surface area contributed by atoms with E-state index in [9.17, 15) is 4.79 Å². The van der Waals surface area contributed by atoms with Crippen molar-refractivity contribution in [2.45, 2.75) is 19.4 Å². The molecule has 0 aliphatic heterocycles. The average molecular weight is 362 g/mol. The minimum atomic E-state index is -0.792. The van der Waals surface area contributed by atoms with E-state index in [1.807, 2.05) is 48.5 Å². The Kier molecular flexibility index (Phi) is 4.57. The number of aromatic nitrogens is 3. The van der Waals surface area contributed by atoms with Crippen LogP contribution in [-0.4, -0.2) is 25.7 Å². The van der Waals surface area contributed by atoms with E-state index in [2.05, 4.69) is 15.4 Å². The van der Waals surface area contributed by atoms with Crippen LogP contribution in [0.3, 0.4) is 0 Å². The predicted octanol–water partition coefficient (Wildman–Crippen LogP) is 3.62. The van der Waals surface area contributed by atoms with Crippen LogP contribution in [0.4, 0.5) is 5.82 Å². The van der Waals surface area contributed by atoms with Gasteiger partial charge in [0.1, 0.15) is 11.6 Å². The van der Waals surface area contributed by atoms with Gasteiger partial charge in [-0.3, -0.25) is 4.79 Å². The summed E-state index contributed by atoms with van der Waals surface area (Å²) >= 11 is 0. The Balaban J connectivity index is 1.56. The van der Waals surface area contributed by atoms with E-state index >= 15 is 0 Å². The van der Waals surface area contributed by atoms with E-state index < -0.39 is 5.97 Å². The summed E-state index contributed by atoms with van der Waals surface area (Å²) in [5.41, 5.74) is 3.58. The molecule has 4 rings (SSSR count). The van der Waals surface area contributed by atoms with Crippen molar-refractivity contribution in [2.75, 3.05) is 5.32 Å². The van der Waals surface area contributed by atoms with Gasteiger partial charge in [0.05, 0.1) is 24.7 Å². The highest BCUT2D eigenvalue weighted by molar-refractivity contribution is 5.67. The molecule has 3 aromatic heterocycles. The molecule has 0 amide bonds. The van der Waals surface area contributed by atoms with Gasteiger partial charge in [-0.25, -0.2) is 9.50 Å². The zero-order valence-electron chi connectivity index (χ0n) is 14.5. The fraction of sp³-hybridized carbons (Fsp3) is 0.150. The number of benzene rings is 1. The second-order valence-corrected chi connectivity index (χ2v) is 6.16. The number of carboxylic acids is 1. The van der Waals surface area contributed by atoms with Gasteiger partial charge in [0.15, 0.2) is 5.65 Å². The zero-order valence-corrected chi connectivity index (χ0v) is 14.5. The molecule has 136 valence electrons. The van der Waals surface area contributed by atoms with Crippen molar-refractivity contribution in [1.29, 1.82) is 0 Å². The molecule has 0 fully saturated rings. The van der Waals surface area contributed by atoms with Crippen LogP contribution in [0.15, 0.2) is 65.4 Å². The maximum absolute atomic E-state index is 10.7. The largest absolute Gasteiger partial charge is 0.481 e. The quantitative estimate of drug-likeness (QED) is 0.522. The van der Waals surface area contributed by atoms with Crippen molar-refractivity contribution in [2.24, 2.45) is 0 Å². The number of anilines is 1. The number of hydrogen-bond acceptors (Lipinski definition) is 5. The molecule has 0 saturated heterocycles. The van der Waals surface area contributed by atoms with Gasteiger partial charge in [0.25, 0.3) is 0 Å². The van der Waals surface area contributed by atoms with Gasteiger partial charge in [0, 0.05) is 12.0 Å². The molecule has 0 radical (unpaired) electrons. The Morgan fingerprint density at radius 1 is 1.15 bits per heavy atom. The number of furan rings is 1. The van der Waals surface area contributed by atoms with Crippen molar-refractivity contribution in [3.63, 3.8) is 0 Å². The maximum Gasteiger partial charge on any atom is 0.303 e. The van der Waals surface area contributed by atoms with E-state index in [-0.39, 0.29) is 6.42 Å². The minimum Gasteiger partial charge on any atom is -0.481 e. The molecule has 4 aromatic rings. The molecule has 0 unspecified atom stereocenters. The number of aliphatic carboxylic acids is 1. The summed E-state index contributed by atoms with van der Waals surface area (Å²) in [6, 6.07) is 15.3. The first-order valence-electron chi connectivity index (χ1n) is 8.61. The Labute approximate surface area is 155 Å². The van der Waals surface area contributed by atoms with E-state index in [1.165, 1.54) is 0 Å². The lowest BCUT2D eigenvalue weighted by Crippen LogP contribution is -2.04. The Morgan fingerprint density at radius 3 is 2.74 bits per heavy atom. The molecule has 2 N–H and O–H groups in total. The molecule has 0 bridgehead atoms. The summed E-state index contributed by atoms with van der Waals surface area (Å²) in [5, 5.41) is 16.6. The third-order valence-electron chi connectivity index (χ3n) is 4.26. The first-order chi connectivity index (χ1) is 13.2. The summed E-state index contributed by atoms with van der Waals surface area (Å²) in [4.78, 5) is 15.1. The molecule has 7 heteroatoms. The Morgan fingerprint density at radius 2 is 2.00 bits per heavy atom. The summed E-state index contributed by atoms with van der Waals surface area (Å²) in [6.45, 7) is 0.549. The van der Waals surface area contributed by atoms with Crippen molar-refractivity contribution in [3.05, 3.63) is 72.3 Å². The molecule has 0 spiro atoms. The van der Waals surface area contributed by atoms with Crippen molar-refractivity contribution < 1.29 is 14.3 Å². The molecule has 0 atom stereocenters. The minimum absolute atomic E-state index is 0.126. The lowest BCUT2D eigenvalue weighted by Gasteiger charge is -2.06. The monoisotopic (exact) mass is 362 g/mol. The first-order valence-corrected chi connectivity index (χ1v) is 8.61. The number of hydrogen-bond donors (Lipinski definition) is 2. The van der Waals surface area contributed by atoms with Crippen molar-refractivity contribution in [3.8, 4) is 11.3 Å². The van der Waals surface area contributed by atoms with Crippen LogP contribution in [0.2, 0.25) is 0 Å². The fourth-order valence-electron chi connectivity index (χ4n) is 2.85. The highest BCUT2D eigenvalue weighted by Crippen LogP contribution is 2.22. The standard InChI is InChI=1S/C20H18N4O3/c25-20(26)10-5-14-3-6-15(7-4-14)17-13-22-19-9-8-18(23-24(17)19)21-12-16-2-1-11-27-16/h1-4,6-9,11,13H,5,10,12H2,(H,21,23)(H,25,26). The molecule has 1 aromatic carbocycles. The average Bonchev–Trinajstić information content (AvgIpc) is 3.34. The van der Waals surface area contributed by atoms with E-state index in [0.29, 0.717) is 13.0 Å². The van der Waals surface area contributed by atoms with E-state index in [0.717, 1.165) is 34.0 Å². The van der Waals surface area contributed by atoms with E-state index in [4.69, 9.17) is 9.52 Å². The summed E-state index contributed by atoms with van der Waals surface area (Å²) in [7, 11) is 0. The maximum atomic E-state index is 10.7. The van der Waals surface area contributed by atoms with Crippen LogP contribution in [-0.2, 0) is 17.8 Å². The SMILES string of the molecule is O=C(O)CCc1ccc(-c2cnc3ccc(NCc4ccco4)nn23)cc1. The molecule has 0 aliphatic carbocycles. The predicted molar refractivity (Wildman–Crippen MR) is 100 cm³/mol. The second kappa shape index (κ2) is 7.33. The normalized spacial score (nSPS) is 11.0. The van der Waals surface area contributed by atoms with Crippen LogP contribution < -0.4 is 5.32 Å². The third kappa shape index (κ3) is 3.82. The molecule has 0 aliphatic rings. The van der Waals surface area contributed by atoms with E-state index in [1.54, 1.807) is 17.0 Å². The molecule has 27 heavy (non-hydrogen) atoms. The number of nitrogens with one attached hydrogen (secondary N) is 1. The third-order valence-corrected chi connectivity index (χ3v) is 4.26. The lowest BCUT2D eigenvalue weighted by atomic mass is 10.1. The van der Waals surface area contributed by atoms with Crippen LogP contribution in [0.1, 0.15) is 17.7 Å². The van der Waals surface area contributed by atoms with Crippen LogP contribution in [0, 0.1) is 0 Å². The van der Waals surface area contributed by atoms with Crippen molar-refractivity contribution >= 4 is 17.4 Å². The summed E-state index contributed by atoms with van der Waals surface area (Å²) in [6.07, 6.45) is 4.07. The Bertz CT molecular complexity index is 1050. The van der Waals surface area contributed by atoms with Gasteiger partial charge in [0.2, 0.25) is 0 Å². The summed E-state index contributed by atoms with van der Waals surface area (Å²) < 4.78 is 7.11. The highest BCUT2D eigenvalue weighted by Gasteiger charge is 2.09. The zero-order chi connectivity index (χ0) is 18.6. The fourth-order valence-corrected chi connectivity index (χ4v) is 2.85. The van der Waals surface area contributed by atoms with Crippen LogP contribution in [0.5, 0.6) is 0 Å². The van der Waals surface area contributed by atoms with Crippen LogP contribution >= 0.6 is 0 Å². The molecular weight excluding hydrogens is 344 g/mol. The first kappa shape index (κ1) is 16.8. The number of rotatable bonds is 7. The molecule has 3 heterocycles. The van der Waals surface area contributed by atoms with Gasteiger partial charge in [-0.1, -0.05) is 24.3 Å². The molecule has 7 nitrogen and oxygen atoms in total. The smallest absolute Gasteiger partial charge is 0.303 e. The number of fused-ring (bicyclic) bond motifs is 1. The van der Waals surface area contributed by atoms with Crippen LogP contribution in [0.25, 0.3) is 16.9 Å². The van der Waals surface area contributed by atoms with Gasteiger partial charge in [-0.05, 0) is 36.2 Å². The number of imidazole rings is 1. The summed E-state index contributed by atoms with van der Waals surface area (Å²) in [5.74, 6) is 0.760. The van der Waals surface area contributed by atoms with Gasteiger partial charge >= 0.3 is 5.97 Å². The van der Waals surface area contributed by atoms with Gasteiger partial charge < -0.3 is 14.8 Å². The number of nitrogens with zero attached hydrogens (tertiary/aromatic N) is 3. The molecular formula is C20H18N4O3. The van der Waals surface area contributed by atoms with Gasteiger partial charge in [-0.15, -0.1) is 5.10 Å². The van der Waals surface area contributed by atoms with Gasteiger partial charge in [-0.2, -0.15) is 0 Å². The number of carbonyl (C=O) groups is 1. The number of aryl methyl sites for hydroxylation is 1. The van der Waals surface area contributed by atoms with Crippen molar-refractivity contribution in [1.82, 2.24) is 14.6 Å². The second-order valence-electron chi connectivity index (χ2n) is 6.16. The Hall–Kier alpha value is -3.61.